The summed E-state index contributed by atoms with van der Waals surface area (Å²) in [6.07, 6.45) is 3.29. The molecule has 2 aromatic heterocycles. The Hall–Kier alpha value is -0.740. The number of hydrogen-bond donors (Lipinski definition) is 0. The van der Waals surface area contributed by atoms with Crippen molar-refractivity contribution in [3.8, 4) is 0 Å². The molecule has 114 valence electrons. The van der Waals surface area contributed by atoms with Crippen LogP contribution < -0.4 is 0 Å². The highest BCUT2D eigenvalue weighted by Gasteiger charge is 2.32. The van der Waals surface area contributed by atoms with Crippen LogP contribution in [0.3, 0.4) is 0 Å². The summed E-state index contributed by atoms with van der Waals surface area (Å²) in [5, 5.41) is 4.11. The van der Waals surface area contributed by atoms with Gasteiger partial charge in [-0.15, -0.1) is 11.3 Å². The van der Waals surface area contributed by atoms with Crippen LogP contribution in [-0.4, -0.2) is 42.2 Å². The van der Waals surface area contributed by atoms with Gasteiger partial charge in [-0.1, -0.05) is 0 Å². The molecule has 1 aliphatic rings. The standard InChI is InChI=1S/C12H14BrN3O3S2/c1-15-7-9(6-14-15)10-8-16(4-5-19-10)21(17,18)12-3-2-11(13)20-12/h2-3,6-7,10H,4-5,8H2,1H3. The van der Waals surface area contributed by atoms with Crippen LogP contribution in [0.4, 0.5) is 0 Å². The van der Waals surface area contributed by atoms with Crippen LogP contribution in [0.1, 0.15) is 11.7 Å². The average molecular weight is 392 g/mol. The molecule has 0 spiro atoms. The summed E-state index contributed by atoms with van der Waals surface area (Å²) in [6, 6.07) is 3.37. The molecule has 1 aliphatic heterocycles. The Morgan fingerprint density at radius 1 is 1.48 bits per heavy atom. The SMILES string of the molecule is Cn1cc(C2CN(S(=O)(=O)c3ccc(Br)s3)CCO2)cn1. The number of hydrogen-bond acceptors (Lipinski definition) is 5. The second kappa shape index (κ2) is 5.81. The first-order chi connectivity index (χ1) is 9.96. The van der Waals surface area contributed by atoms with E-state index in [2.05, 4.69) is 21.0 Å². The molecule has 0 amide bonds. The molecule has 2 aromatic rings. The maximum absolute atomic E-state index is 12.6. The number of nitrogens with zero attached hydrogens (tertiary/aromatic N) is 3. The van der Waals surface area contributed by atoms with E-state index in [1.54, 1.807) is 23.0 Å². The van der Waals surface area contributed by atoms with Crippen LogP contribution in [0.15, 0.2) is 32.5 Å². The zero-order valence-electron chi connectivity index (χ0n) is 11.3. The lowest BCUT2D eigenvalue weighted by molar-refractivity contribution is -0.00253. The second-order valence-corrected chi connectivity index (χ2v) is 9.36. The first-order valence-electron chi connectivity index (χ1n) is 6.32. The van der Waals surface area contributed by atoms with Gasteiger partial charge in [-0.2, -0.15) is 9.40 Å². The zero-order valence-corrected chi connectivity index (χ0v) is 14.5. The largest absolute Gasteiger partial charge is 0.371 e. The third-order valence-corrected chi connectivity index (χ3v) is 7.22. The summed E-state index contributed by atoms with van der Waals surface area (Å²) in [5.41, 5.74) is 0.893. The van der Waals surface area contributed by atoms with E-state index in [1.165, 1.54) is 15.6 Å². The van der Waals surface area contributed by atoms with Crippen LogP contribution in [0.2, 0.25) is 0 Å². The van der Waals surface area contributed by atoms with Gasteiger partial charge in [0.2, 0.25) is 0 Å². The highest BCUT2D eigenvalue weighted by Crippen LogP contribution is 2.31. The number of aryl methyl sites for hydroxylation is 1. The fourth-order valence-corrected chi connectivity index (χ4v) is 5.80. The molecule has 21 heavy (non-hydrogen) atoms. The van der Waals surface area contributed by atoms with Crippen molar-refractivity contribution in [2.75, 3.05) is 19.7 Å². The quantitative estimate of drug-likeness (QED) is 0.802. The third-order valence-electron chi connectivity index (χ3n) is 3.27. The van der Waals surface area contributed by atoms with Gasteiger partial charge in [-0.05, 0) is 28.1 Å². The molecule has 0 aliphatic carbocycles. The molecule has 0 aromatic carbocycles. The topological polar surface area (TPSA) is 64.4 Å². The van der Waals surface area contributed by atoms with Gasteiger partial charge in [0.25, 0.3) is 10.0 Å². The second-order valence-electron chi connectivity index (χ2n) is 4.73. The molecular weight excluding hydrogens is 378 g/mol. The van der Waals surface area contributed by atoms with Crippen LogP contribution in [0.5, 0.6) is 0 Å². The molecule has 0 radical (unpaired) electrons. The first kappa shape index (κ1) is 15.2. The summed E-state index contributed by atoms with van der Waals surface area (Å²) >= 11 is 4.52. The minimum atomic E-state index is -3.46. The van der Waals surface area contributed by atoms with Gasteiger partial charge in [-0.25, -0.2) is 8.42 Å². The van der Waals surface area contributed by atoms with Gasteiger partial charge >= 0.3 is 0 Å². The van der Waals surface area contributed by atoms with Crippen LogP contribution in [0, 0.1) is 0 Å². The van der Waals surface area contributed by atoms with Crippen molar-refractivity contribution in [1.29, 1.82) is 0 Å². The van der Waals surface area contributed by atoms with Gasteiger partial charge in [0, 0.05) is 31.9 Å². The van der Waals surface area contributed by atoms with Crippen molar-refractivity contribution in [1.82, 2.24) is 14.1 Å². The van der Waals surface area contributed by atoms with E-state index in [0.717, 1.165) is 9.35 Å². The van der Waals surface area contributed by atoms with E-state index in [0.29, 0.717) is 23.9 Å². The molecule has 0 saturated carbocycles. The minimum Gasteiger partial charge on any atom is -0.371 e. The number of aromatic nitrogens is 2. The summed E-state index contributed by atoms with van der Waals surface area (Å²) in [4.78, 5) is 0. The molecule has 9 heteroatoms. The fourth-order valence-electron chi connectivity index (χ4n) is 2.22. The normalized spacial score (nSPS) is 20.8. The van der Waals surface area contributed by atoms with Gasteiger partial charge in [0.1, 0.15) is 4.21 Å². The van der Waals surface area contributed by atoms with E-state index >= 15 is 0 Å². The summed E-state index contributed by atoms with van der Waals surface area (Å²) in [6.45, 7) is 1.06. The first-order valence-corrected chi connectivity index (χ1v) is 9.37. The number of sulfonamides is 1. The van der Waals surface area contributed by atoms with Crippen molar-refractivity contribution in [2.45, 2.75) is 10.3 Å². The highest BCUT2D eigenvalue weighted by molar-refractivity contribution is 9.11. The molecular formula is C12H14BrN3O3S2. The molecule has 0 bridgehead atoms. The number of morpholine rings is 1. The lowest BCUT2D eigenvalue weighted by Crippen LogP contribution is -2.41. The minimum absolute atomic E-state index is 0.273. The molecule has 0 N–H and O–H groups in total. The van der Waals surface area contributed by atoms with Crippen LogP contribution >= 0.6 is 27.3 Å². The van der Waals surface area contributed by atoms with Crippen molar-refractivity contribution in [2.24, 2.45) is 7.05 Å². The molecule has 3 heterocycles. The van der Waals surface area contributed by atoms with Crippen molar-refractivity contribution >= 4 is 37.3 Å². The Morgan fingerprint density at radius 2 is 2.29 bits per heavy atom. The van der Waals surface area contributed by atoms with E-state index < -0.39 is 10.0 Å². The van der Waals surface area contributed by atoms with Crippen LogP contribution in [-0.2, 0) is 21.8 Å². The lowest BCUT2D eigenvalue weighted by atomic mass is 10.2. The van der Waals surface area contributed by atoms with Crippen molar-refractivity contribution in [3.05, 3.63) is 33.9 Å². The Balaban J connectivity index is 1.83. The lowest BCUT2D eigenvalue weighted by Gasteiger charge is -2.31. The van der Waals surface area contributed by atoms with E-state index in [4.69, 9.17) is 4.74 Å². The van der Waals surface area contributed by atoms with Gasteiger partial charge < -0.3 is 4.74 Å². The number of halogens is 1. The maximum Gasteiger partial charge on any atom is 0.252 e. The van der Waals surface area contributed by atoms with E-state index in [1.807, 2.05) is 13.2 Å². The molecule has 3 rings (SSSR count). The number of ether oxygens (including phenoxy) is 1. The highest BCUT2D eigenvalue weighted by atomic mass is 79.9. The van der Waals surface area contributed by atoms with Crippen molar-refractivity contribution < 1.29 is 13.2 Å². The summed E-state index contributed by atoms with van der Waals surface area (Å²) in [5.74, 6) is 0. The molecule has 1 atom stereocenters. The maximum atomic E-state index is 12.6. The van der Waals surface area contributed by atoms with E-state index in [9.17, 15) is 8.42 Å². The molecule has 1 unspecified atom stereocenters. The molecule has 1 fully saturated rings. The number of thiophene rings is 1. The van der Waals surface area contributed by atoms with Gasteiger partial charge in [0.15, 0.2) is 0 Å². The van der Waals surface area contributed by atoms with Gasteiger partial charge in [-0.3, -0.25) is 4.68 Å². The number of rotatable bonds is 3. The predicted molar refractivity (Wildman–Crippen MR) is 82.7 cm³/mol. The molecule has 6 nitrogen and oxygen atoms in total. The van der Waals surface area contributed by atoms with E-state index in [-0.39, 0.29) is 6.10 Å². The summed E-state index contributed by atoms with van der Waals surface area (Å²) in [7, 11) is -1.64. The predicted octanol–water partition coefficient (Wildman–Crippen LogP) is 2.01. The summed E-state index contributed by atoms with van der Waals surface area (Å²) < 4.78 is 35.2. The third kappa shape index (κ3) is 3.07. The van der Waals surface area contributed by atoms with Crippen molar-refractivity contribution in [3.63, 3.8) is 0 Å². The Kier molecular flexibility index (Phi) is 4.19. The zero-order chi connectivity index (χ0) is 15.0. The Bertz CT molecular complexity index is 741. The fraction of sp³-hybridized carbons (Fsp3) is 0.417. The molecule has 1 saturated heterocycles. The smallest absolute Gasteiger partial charge is 0.252 e. The Labute approximate surface area is 135 Å². The van der Waals surface area contributed by atoms with Crippen LogP contribution in [0.25, 0.3) is 0 Å². The monoisotopic (exact) mass is 391 g/mol. The Morgan fingerprint density at radius 3 is 2.90 bits per heavy atom. The average Bonchev–Trinajstić information content (AvgIpc) is 3.08. The van der Waals surface area contributed by atoms with Gasteiger partial charge in [0.05, 0.1) is 22.7 Å².